The van der Waals surface area contributed by atoms with Gasteiger partial charge in [-0.2, -0.15) is 5.10 Å². The topological polar surface area (TPSA) is 69.8 Å². The summed E-state index contributed by atoms with van der Waals surface area (Å²) in [4.78, 5) is 0. The molecule has 0 aliphatic rings. The summed E-state index contributed by atoms with van der Waals surface area (Å²) in [6.07, 6.45) is 1.70. The summed E-state index contributed by atoms with van der Waals surface area (Å²) < 4.78 is 9.03. The smallest absolute Gasteiger partial charge is 0.216 e. The number of ether oxygens (including phenoxy) is 1. The van der Waals surface area contributed by atoms with E-state index in [1.807, 2.05) is 25.6 Å². The lowest BCUT2D eigenvalue weighted by molar-refractivity contribution is 0.366. The molecule has 0 aromatic carbocycles. The van der Waals surface area contributed by atoms with Gasteiger partial charge in [0.05, 0.1) is 24.4 Å². The Balaban J connectivity index is 2.09. The number of hydrogen-bond donors (Lipinski definition) is 1. The van der Waals surface area contributed by atoms with Gasteiger partial charge in [-0.1, -0.05) is 0 Å². The minimum atomic E-state index is 0.108. The predicted octanol–water partition coefficient (Wildman–Crippen LogP) is 0.716. The zero-order chi connectivity index (χ0) is 14.0. The normalized spacial score (nSPS) is 12.7. The Hall–Kier alpha value is -1.89. The van der Waals surface area contributed by atoms with Crippen LogP contribution in [0.3, 0.4) is 0 Å². The van der Waals surface area contributed by atoms with Gasteiger partial charge in [0, 0.05) is 20.6 Å². The third-order valence-electron chi connectivity index (χ3n) is 3.20. The van der Waals surface area contributed by atoms with Gasteiger partial charge in [0.25, 0.3) is 0 Å². The van der Waals surface area contributed by atoms with Gasteiger partial charge in [-0.05, 0) is 13.8 Å². The number of rotatable bonds is 5. The highest BCUT2D eigenvalue weighted by atomic mass is 16.5. The lowest BCUT2D eigenvalue weighted by Crippen LogP contribution is -2.21. The zero-order valence-corrected chi connectivity index (χ0v) is 12.0. The average Bonchev–Trinajstić information content (AvgIpc) is 2.90. The molecule has 2 aromatic heterocycles. The summed E-state index contributed by atoms with van der Waals surface area (Å²) in [6, 6.07) is 0.108. The molecule has 19 heavy (non-hydrogen) atoms. The van der Waals surface area contributed by atoms with Crippen molar-refractivity contribution in [1.82, 2.24) is 29.9 Å². The van der Waals surface area contributed by atoms with Crippen LogP contribution in [0.25, 0.3) is 0 Å². The predicted molar refractivity (Wildman–Crippen MR) is 70.8 cm³/mol. The quantitative estimate of drug-likeness (QED) is 0.861. The van der Waals surface area contributed by atoms with Gasteiger partial charge in [0.15, 0.2) is 0 Å². The SMILES string of the molecule is COc1c(CNC(C)c2nncn2C)c(C)nn1C. The van der Waals surface area contributed by atoms with Crippen molar-refractivity contribution in [1.29, 1.82) is 0 Å². The van der Waals surface area contributed by atoms with E-state index in [1.54, 1.807) is 18.1 Å². The van der Waals surface area contributed by atoms with Crippen LogP contribution in [0.2, 0.25) is 0 Å². The molecule has 0 saturated carbocycles. The van der Waals surface area contributed by atoms with E-state index in [9.17, 15) is 0 Å². The molecule has 0 fully saturated rings. The first-order valence-electron chi connectivity index (χ1n) is 6.18. The van der Waals surface area contributed by atoms with Gasteiger partial charge in [-0.3, -0.25) is 0 Å². The third kappa shape index (κ3) is 2.60. The van der Waals surface area contributed by atoms with E-state index >= 15 is 0 Å². The molecule has 0 aliphatic heterocycles. The Labute approximate surface area is 112 Å². The monoisotopic (exact) mass is 264 g/mol. The van der Waals surface area contributed by atoms with E-state index in [0.29, 0.717) is 6.54 Å². The second-order valence-electron chi connectivity index (χ2n) is 4.60. The molecule has 0 spiro atoms. The van der Waals surface area contributed by atoms with E-state index in [1.165, 1.54) is 0 Å². The molecule has 0 saturated heterocycles. The summed E-state index contributed by atoms with van der Waals surface area (Å²) in [5.41, 5.74) is 2.04. The Morgan fingerprint density at radius 1 is 1.42 bits per heavy atom. The molecule has 2 aromatic rings. The van der Waals surface area contributed by atoms with Crippen molar-refractivity contribution in [2.75, 3.05) is 7.11 Å². The zero-order valence-electron chi connectivity index (χ0n) is 12.0. The minimum absolute atomic E-state index is 0.108. The number of hydrogen-bond acceptors (Lipinski definition) is 5. The van der Waals surface area contributed by atoms with E-state index < -0.39 is 0 Å². The maximum absolute atomic E-state index is 5.37. The summed E-state index contributed by atoms with van der Waals surface area (Å²) >= 11 is 0. The molecule has 0 radical (unpaired) electrons. The molecule has 2 rings (SSSR count). The van der Waals surface area contributed by atoms with Crippen LogP contribution in [0.4, 0.5) is 0 Å². The van der Waals surface area contributed by atoms with Crippen LogP contribution in [-0.2, 0) is 20.6 Å². The fourth-order valence-corrected chi connectivity index (χ4v) is 2.17. The highest BCUT2D eigenvalue weighted by molar-refractivity contribution is 5.30. The Morgan fingerprint density at radius 3 is 2.74 bits per heavy atom. The fourth-order valence-electron chi connectivity index (χ4n) is 2.17. The molecule has 0 amide bonds. The average molecular weight is 264 g/mol. The molecular formula is C12H20N6O. The lowest BCUT2D eigenvalue weighted by Gasteiger charge is -2.13. The fraction of sp³-hybridized carbons (Fsp3) is 0.583. The van der Waals surface area contributed by atoms with Gasteiger partial charge in [-0.15, -0.1) is 10.2 Å². The lowest BCUT2D eigenvalue weighted by atomic mass is 10.2. The summed E-state index contributed by atoms with van der Waals surface area (Å²) in [5, 5.41) is 15.8. The first-order chi connectivity index (χ1) is 9.04. The van der Waals surface area contributed by atoms with Gasteiger partial charge in [-0.25, -0.2) is 4.68 Å². The highest BCUT2D eigenvalue weighted by Crippen LogP contribution is 2.21. The molecule has 2 heterocycles. The second kappa shape index (κ2) is 5.40. The largest absolute Gasteiger partial charge is 0.481 e. The molecule has 104 valence electrons. The van der Waals surface area contributed by atoms with E-state index in [0.717, 1.165) is 23.0 Å². The first kappa shape index (κ1) is 13.5. The molecular weight excluding hydrogens is 244 g/mol. The first-order valence-corrected chi connectivity index (χ1v) is 6.18. The molecule has 1 unspecified atom stereocenters. The van der Waals surface area contributed by atoms with Gasteiger partial charge in [0.1, 0.15) is 12.2 Å². The van der Waals surface area contributed by atoms with Gasteiger partial charge >= 0.3 is 0 Å². The van der Waals surface area contributed by atoms with E-state index in [2.05, 4.69) is 27.5 Å². The van der Waals surface area contributed by atoms with Crippen molar-refractivity contribution in [3.05, 3.63) is 23.4 Å². The van der Waals surface area contributed by atoms with E-state index in [-0.39, 0.29) is 6.04 Å². The molecule has 7 nitrogen and oxygen atoms in total. The van der Waals surface area contributed by atoms with Crippen LogP contribution < -0.4 is 10.1 Å². The van der Waals surface area contributed by atoms with Gasteiger partial charge < -0.3 is 14.6 Å². The van der Waals surface area contributed by atoms with Crippen molar-refractivity contribution in [3.8, 4) is 5.88 Å². The maximum Gasteiger partial charge on any atom is 0.216 e. The Morgan fingerprint density at radius 2 is 2.16 bits per heavy atom. The maximum atomic E-state index is 5.37. The van der Waals surface area contributed by atoms with Crippen molar-refractivity contribution in [3.63, 3.8) is 0 Å². The number of aryl methyl sites for hydroxylation is 3. The number of nitrogens with zero attached hydrogens (tertiary/aromatic N) is 5. The summed E-state index contributed by atoms with van der Waals surface area (Å²) in [5.74, 6) is 1.69. The van der Waals surface area contributed by atoms with Gasteiger partial charge in [0.2, 0.25) is 5.88 Å². The number of aromatic nitrogens is 5. The molecule has 1 N–H and O–H groups in total. The molecule has 0 aliphatic carbocycles. The van der Waals surface area contributed by atoms with Crippen LogP contribution in [-0.4, -0.2) is 31.7 Å². The van der Waals surface area contributed by atoms with Crippen molar-refractivity contribution >= 4 is 0 Å². The second-order valence-corrected chi connectivity index (χ2v) is 4.60. The Bertz CT molecular complexity index is 559. The van der Waals surface area contributed by atoms with Crippen LogP contribution in [0.15, 0.2) is 6.33 Å². The summed E-state index contributed by atoms with van der Waals surface area (Å²) in [6.45, 7) is 4.71. The van der Waals surface area contributed by atoms with Crippen LogP contribution in [0.5, 0.6) is 5.88 Å². The van der Waals surface area contributed by atoms with Crippen molar-refractivity contribution < 1.29 is 4.74 Å². The Kier molecular flexibility index (Phi) is 3.84. The van der Waals surface area contributed by atoms with Crippen LogP contribution >= 0.6 is 0 Å². The molecule has 1 atom stereocenters. The highest BCUT2D eigenvalue weighted by Gasteiger charge is 2.16. The molecule has 0 bridgehead atoms. The molecule has 7 heteroatoms. The minimum Gasteiger partial charge on any atom is -0.481 e. The number of nitrogens with one attached hydrogen (secondary N) is 1. The van der Waals surface area contributed by atoms with E-state index in [4.69, 9.17) is 4.74 Å². The number of methoxy groups -OCH3 is 1. The van der Waals surface area contributed by atoms with Crippen molar-refractivity contribution in [2.24, 2.45) is 14.1 Å². The van der Waals surface area contributed by atoms with Crippen LogP contribution in [0.1, 0.15) is 30.0 Å². The van der Waals surface area contributed by atoms with Crippen molar-refractivity contribution in [2.45, 2.75) is 26.4 Å². The summed E-state index contributed by atoms with van der Waals surface area (Å²) in [7, 11) is 5.47. The standard InChI is InChI=1S/C12H20N6O/c1-8-10(12(19-5)18(4)16-8)6-13-9(2)11-15-14-7-17(11)3/h7,9,13H,6H2,1-5H3. The third-order valence-corrected chi connectivity index (χ3v) is 3.20. The van der Waals surface area contributed by atoms with Crippen LogP contribution in [0, 0.1) is 6.92 Å².